The lowest BCUT2D eigenvalue weighted by Gasteiger charge is -2.11. The lowest BCUT2D eigenvalue weighted by Crippen LogP contribution is -2.18. The van der Waals surface area contributed by atoms with Crippen molar-refractivity contribution in [1.29, 1.82) is 0 Å². The number of benzene rings is 2. The van der Waals surface area contributed by atoms with Crippen molar-refractivity contribution in [2.24, 2.45) is 5.92 Å². The molecule has 0 aliphatic heterocycles. The molecule has 4 rings (SSSR count). The highest BCUT2D eigenvalue weighted by molar-refractivity contribution is 6.53. The molecular weight excluding hydrogens is 578 g/mol. The molecular formula is C24H14Cl5F2N3O2. The van der Waals surface area contributed by atoms with Crippen molar-refractivity contribution in [3.8, 4) is 0 Å². The van der Waals surface area contributed by atoms with Crippen LogP contribution in [-0.4, -0.2) is 21.1 Å². The average Bonchev–Trinajstić information content (AvgIpc) is 3.37. The number of alkyl halides is 2. The van der Waals surface area contributed by atoms with Crippen molar-refractivity contribution in [2.75, 3.05) is 10.6 Å². The minimum absolute atomic E-state index is 0.00998. The Morgan fingerprint density at radius 1 is 0.944 bits per heavy atom. The topological polar surface area (TPSA) is 71.1 Å². The number of carbonyl (C=O) groups excluding carboxylic acids is 2. The van der Waals surface area contributed by atoms with Gasteiger partial charge < -0.3 is 10.6 Å². The summed E-state index contributed by atoms with van der Waals surface area (Å²) in [4.78, 5) is 29.1. The number of halogens is 7. The van der Waals surface area contributed by atoms with Crippen molar-refractivity contribution >= 4 is 87.0 Å². The molecule has 0 bridgehead atoms. The highest BCUT2D eigenvalue weighted by atomic mass is 35.5. The molecule has 2 aromatic carbocycles. The summed E-state index contributed by atoms with van der Waals surface area (Å²) in [6.45, 7) is 3.03. The standard InChI is InChI=1S/C24H14Cl5F2N3O2/c1-10(30)16-8-15(9-32-21(16)31)34-22(35)17-7-14(2-3-18(17)27)33-23(36)20-19(24(20,28)29)11-4-12(25)6-13(26)5-11/h2-9,19-20H,1H2,(H,33,36)(H,34,35)/t19-,20+/m0/s1. The van der Waals surface area contributed by atoms with Crippen LogP contribution in [0, 0.1) is 11.9 Å². The zero-order valence-electron chi connectivity index (χ0n) is 17.9. The molecule has 1 fully saturated rings. The predicted molar refractivity (Wildman–Crippen MR) is 140 cm³/mol. The van der Waals surface area contributed by atoms with Gasteiger partial charge in [-0.05, 0) is 48.0 Å². The number of aromatic nitrogens is 1. The number of rotatable bonds is 6. The van der Waals surface area contributed by atoms with Gasteiger partial charge in [0.05, 0.1) is 34.0 Å². The molecule has 0 saturated heterocycles. The Bertz CT molecular complexity index is 1400. The van der Waals surface area contributed by atoms with Crippen molar-refractivity contribution < 1.29 is 18.4 Å². The quantitative estimate of drug-likeness (QED) is 0.226. The smallest absolute Gasteiger partial charge is 0.257 e. The van der Waals surface area contributed by atoms with Crippen molar-refractivity contribution in [1.82, 2.24) is 4.98 Å². The number of nitrogens with zero attached hydrogens (tertiary/aromatic N) is 1. The lowest BCUT2D eigenvalue weighted by molar-refractivity contribution is -0.117. The fourth-order valence-corrected chi connectivity index (χ4v) is 5.30. The fourth-order valence-electron chi connectivity index (χ4n) is 3.72. The highest BCUT2D eigenvalue weighted by Crippen LogP contribution is 2.65. The zero-order valence-corrected chi connectivity index (χ0v) is 21.7. The second-order valence-electron chi connectivity index (χ2n) is 7.94. The van der Waals surface area contributed by atoms with E-state index < -0.39 is 45.3 Å². The first-order valence-electron chi connectivity index (χ1n) is 10.1. The normalized spacial score (nSPS) is 17.9. The van der Waals surface area contributed by atoms with Crippen molar-refractivity contribution in [2.45, 2.75) is 10.3 Å². The molecule has 2 amide bonds. The van der Waals surface area contributed by atoms with Crippen LogP contribution in [0.1, 0.15) is 27.4 Å². The third kappa shape index (κ3) is 5.45. The summed E-state index contributed by atoms with van der Waals surface area (Å²) in [5.74, 6) is -4.70. The van der Waals surface area contributed by atoms with Crippen LogP contribution < -0.4 is 10.6 Å². The van der Waals surface area contributed by atoms with E-state index in [1.165, 1.54) is 18.2 Å². The van der Waals surface area contributed by atoms with E-state index in [0.717, 1.165) is 12.3 Å². The zero-order chi connectivity index (χ0) is 26.4. The van der Waals surface area contributed by atoms with Crippen LogP contribution >= 0.6 is 58.0 Å². The summed E-state index contributed by atoms with van der Waals surface area (Å²) in [7, 11) is 0. The van der Waals surface area contributed by atoms with Gasteiger partial charge in [-0.1, -0.05) is 41.4 Å². The van der Waals surface area contributed by atoms with Crippen LogP contribution in [0.25, 0.3) is 5.83 Å². The van der Waals surface area contributed by atoms with Gasteiger partial charge in [-0.25, -0.2) is 9.37 Å². The Balaban J connectivity index is 1.51. The van der Waals surface area contributed by atoms with Gasteiger partial charge in [-0.3, -0.25) is 9.59 Å². The van der Waals surface area contributed by atoms with E-state index in [-0.39, 0.29) is 22.0 Å². The Labute approximate surface area is 229 Å². The maximum absolute atomic E-state index is 13.6. The molecule has 0 unspecified atom stereocenters. The molecule has 1 aromatic heterocycles. The molecule has 2 N–H and O–H groups in total. The van der Waals surface area contributed by atoms with Gasteiger partial charge in [-0.15, -0.1) is 23.2 Å². The van der Waals surface area contributed by atoms with Crippen molar-refractivity contribution in [3.63, 3.8) is 0 Å². The van der Waals surface area contributed by atoms with Gasteiger partial charge in [-0.2, -0.15) is 4.39 Å². The van der Waals surface area contributed by atoms with Gasteiger partial charge in [0.25, 0.3) is 5.91 Å². The van der Waals surface area contributed by atoms with E-state index in [1.54, 1.807) is 18.2 Å². The summed E-state index contributed by atoms with van der Waals surface area (Å²) < 4.78 is 25.6. The molecule has 1 heterocycles. The van der Waals surface area contributed by atoms with Crippen LogP contribution in [0.5, 0.6) is 0 Å². The van der Waals surface area contributed by atoms with Gasteiger partial charge in [0.15, 0.2) is 0 Å². The SMILES string of the molecule is C=C(F)c1cc(NC(=O)c2cc(NC(=O)[C@H]3[C@H](c4cc(Cl)cc(Cl)c4)C3(Cl)Cl)ccc2Cl)cnc1F. The monoisotopic (exact) mass is 589 g/mol. The first-order valence-corrected chi connectivity index (χ1v) is 12.0. The largest absolute Gasteiger partial charge is 0.326 e. The lowest BCUT2D eigenvalue weighted by atomic mass is 10.1. The first-order chi connectivity index (χ1) is 16.9. The van der Waals surface area contributed by atoms with Gasteiger partial charge in [0.2, 0.25) is 11.9 Å². The average molecular weight is 592 g/mol. The molecule has 1 saturated carbocycles. The summed E-state index contributed by atoms with van der Waals surface area (Å²) in [6, 6.07) is 10.1. The van der Waals surface area contributed by atoms with E-state index >= 15 is 0 Å². The second kappa shape index (κ2) is 10.1. The Morgan fingerprint density at radius 3 is 2.22 bits per heavy atom. The van der Waals surface area contributed by atoms with Crippen LogP contribution in [0.3, 0.4) is 0 Å². The van der Waals surface area contributed by atoms with E-state index in [2.05, 4.69) is 22.2 Å². The number of hydrogen-bond acceptors (Lipinski definition) is 3. The maximum atomic E-state index is 13.6. The van der Waals surface area contributed by atoms with Crippen molar-refractivity contribution in [3.05, 3.63) is 92.9 Å². The number of amides is 2. The summed E-state index contributed by atoms with van der Waals surface area (Å²) >= 11 is 31.0. The molecule has 2 atom stereocenters. The number of pyridine rings is 1. The molecule has 36 heavy (non-hydrogen) atoms. The van der Waals surface area contributed by atoms with E-state index in [9.17, 15) is 18.4 Å². The van der Waals surface area contributed by atoms with Crippen LogP contribution in [0.4, 0.5) is 20.2 Å². The molecule has 0 radical (unpaired) electrons. The first kappa shape index (κ1) is 26.6. The Hall–Kier alpha value is -2.42. The fraction of sp³-hybridized carbons (Fsp3) is 0.125. The number of carbonyl (C=O) groups is 2. The van der Waals surface area contributed by atoms with Gasteiger partial charge in [0, 0.05) is 21.7 Å². The Morgan fingerprint density at radius 2 is 1.58 bits per heavy atom. The summed E-state index contributed by atoms with van der Waals surface area (Å²) in [5, 5.41) is 5.94. The number of anilines is 2. The molecule has 3 aromatic rings. The van der Waals surface area contributed by atoms with Crippen LogP contribution in [0.15, 0.2) is 55.2 Å². The molecule has 5 nitrogen and oxygen atoms in total. The maximum Gasteiger partial charge on any atom is 0.257 e. The summed E-state index contributed by atoms with van der Waals surface area (Å²) in [5.41, 5.74) is 0.346. The second-order valence-corrected chi connectivity index (χ2v) is 10.7. The van der Waals surface area contributed by atoms with E-state index in [0.29, 0.717) is 15.6 Å². The number of hydrogen-bond donors (Lipinski definition) is 2. The predicted octanol–water partition coefficient (Wildman–Crippen LogP) is 7.90. The Kier molecular flexibility index (Phi) is 7.51. The van der Waals surface area contributed by atoms with Crippen LogP contribution in [0.2, 0.25) is 15.1 Å². The third-order valence-corrected chi connectivity index (χ3v) is 7.15. The van der Waals surface area contributed by atoms with E-state index in [1.807, 2.05) is 0 Å². The molecule has 0 spiro atoms. The third-order valence-electron chi connectivity index (χ3n) is 5.45. The molecule has 1 aliphatic carbocycles. The molecule has 12 heteroatoms. The molecule has 1 aliphatic rings. The summed E-state index contributed by atoms with van der Waals surface area (Å²) in [6.07, 6.45) is 1.01. The van der Waals surface area contributed by atoms with E-state index in [4.69, 9.17) is 58.0 Å². The minimum atomic E-state index is -1.39. The molecule has 186 valence electrons. The van der Waals surface area contributed by atoms with Crippen LogP contribution in [-0.2, 0) is 4.79 Å². The number of nitrogens with one attached hydrogen (secondary N) is 2. The van der Waals surface area contributed by atoms with Gasteiger partial charge in [0.1, 0.15) is 10.2 Å². The highest BCUT2D eigenvalue weighted by Gasteiger charge is 2.67. The van der Waals surface area contributed by atoms with Gasteiger partial charge >= 0.3 is 0 Å². The minimum Gasteiger partial charge on any atom is -0.326 e.